The highest BCUT2D eigenvalue weighted by molar-refractivity contribution is 9.10. The van der Waals surface area contributed by atoms with E-state index < -0.39 is 0 Å². The minimum atomic E-state index is -0.300. The summed E-state index contributed by atoms with van der Waals surface area (Å²) in [5.74, 6) is 0.328. The smallest absolute Gasteiger partial charge is 0.242 e. The number of amides is 1. The Kier molecular flexibility index (Phi) is 8.74. The molecule has 0 aliphatic rings. The number of aliphatic imine (C=N–C) groups is 1. The first-order chi connectivity index (χ1) is 11.4. The number of hydrogen-bond acceptors (Lipinski definition) is 2. The van der Waals surface area contributed by atoms with E-state index >= 15 is 0 Å². The predicted molar refractivity (Wildman–Crippen MR) is 99.5 cm³/mol. The molecule has 0 aliphatic heterocycles. The second kappa shape index (κ2) is 10.3. The Hall–Kier alpha value is -1.63. The molecule has 1 amide bonds. The van der Waals surface area contributed by atoms with E-state index in [0.29, 0.717) is 35.6 Å². The maximum Gasteiger partial charge on any atom is 0.242 e. The summed E-state index contributed by atoms with van der Waals surface area (Å²) in [6, 6.07) is 4.91. The van der Waals surface area contributed by atoms with Crippen molar-refractivity contribution in [3.05, 3.63) is 34.1 Å². The standard InChI is InChI=1S/C17H26BrFN4O/c1-5-20-17(22(4)12-16(24)23(6-2)7-3)21-11-13-8-9-14(18)10-15(13)19/h8-10H,5-7,11-12H2,1-4H3,(H,20,21). The summed E-state index contributed by atoms with van der Waals surface area (Å²) in [5.41, 5.74) is 0.511. The number of carbonyl (C=O) groups is 1. The lowest BCUT2D eigenvalue weighted by molar-refractivity contribution is -0.131. The molecule has 24 heavy (non-hydrogen) atoms. The summed E-state index contributed by atoms with van der Waals surface area (Å²) in [4.78, 5) is 20.2. The van der Waals surface area contributed by atoms with E-state index in [1.807, 2.05) is 20.8 Å². The molecule has 0 aliphatic carbocycles. The molecule has 0 aromatic heterocycles. The number of nitrogens with zero attached hydrogens (tertiary/aromatic N) is 3. The van der Waals surface area contributed by atoms with Crippen LogP contribution >= 0.6 is 15.9 Å². The van der Waals surface area contributed by atoms with Gasteiger partial charge in [-0.2, -0.15) is 0 Å². The van der Waals surface area contributed by atoms with Crippen molar-refractivity contribution in [2.24, 2.45) is 4.99 Å². The van der Waals surface area contributed by atoms with Crippen LogP contribution in [0.4, 0.5) is 4.39 Å². The van der Waals surface area contributed by atoms with Crippen molar-refractivity contribution in [1.82, 2.24) is 15.1 Å². The SMILES string of the molecule is CCNC(=NCc1ccc(Br)cc1F)N(C)CC(=O)N(CC)CC. The number of halogens is 2. The van der Waals surface area contributed by atoms with Gasteiger partial charge in [-0.25, -0.2) is 9.38 Å². The summed E-state index contributed by atoms with van der Waals surface area (Å²) in [6.07, 6.45) is 0. The third-order valence-corrected chi connectivity index (χ3v) is 4.09. The molecule has 1 N–H and O–H groups in total. The second-order valence-corrected chi connectivity index (χ2v) is 6.24. The summed E-state index contributed by atoms with van der Waals surface area (Å²) in [6.45, 7) is 8.35. The van der Waals surface area contributed by atoms with Crippen LogP contribution < -0.4 is 5.32 Å². The van der Waals surface area contributed by atoms with E-state index in [2.05, 4.69) is 26.2 Å². The number of rotatable bonds is 7. The van der Waals surface area contributed by atoms with Gasteiger partial charge in [0.25, 0.3) is 0 Å². The van der Waals surface area contributed by atoms with Gasteiger partial charge in [-0.1, -0.05) is 22.0 Å². The lowest BCUT2D eigenvalue weighted by Gasteiger charge is -2.25. The molecule has 0 fully saturated rings. The van der Waals surface area contributed by atoms with Gasteiger partial charge in [-0.05, 0) is 32.9 Å². The molecule has 1 aromatic rings. The number of likely N-dealkylation sites (N-methyl/N-ethyl adjacent to an activating group) is 2. The van der Waals surface area contributed by atoms with Crippen LogP contribution in [0, 0.1) is 5.82 Å². The third kappa shape index (κ3) is 6.11. The Balaban J connectivity index is 2.82. The number of hydrogen-bond donors (Lipinski definition) is 1. The van der Waals surface area contributed by atoms with Crippen LogP contribution in [0.15, 0.2) is 27.7 Å². The van der Waals surface area contributed by atoms with Crippen molar-refractivity contribution in [2.75, 3.05) is 33.2 Å². The molecule has 0 saturated carbocycles. The zero-order valence-electron chi connectivity index (χ0n) is 14.8. The molecule has 1 rings (SSSR count). The van der Waals surface area contributed by atoms with Gasteiger partial charge in [0.1, 0.15) is 5.82 Å². The zero-order valence-corrected chi connectivity index (χ0v) is 16.4. The van der Waals surface area contributed by atoms with Crippen molar-refractivity contribution >= 4 is 27.8 Å². The van der Waals surface area contributed by atoms with Crippen molar-refractivity contribution < 1.29 is 9.18 Å². The molecule has 7 heteroatoms. The number of carbonyl (C=O) groups excluding carboxylic acids is 1. The predicted octanol–water partition coefficient (Wildman–Crippen LogP) is 2.85. The number of benzene rings is 1. The van der Waals surface area contributed by atoms with Crippen molar-refractivity contribution in [1.29, 1.82) is 0 Å². The first-order valence-corrected chi connectivity index (χ1v) is 8.93. The quantitative estimate of drug-likeness (QED) is 0.565. The molecule has 5 nitrogen and oxygen atoms in total. The highest BCUT2D eigenvalue weighted by atomic mass is 79.9. The number of nitrogens with one attached hydrogen (secondary N) is 1. The van der Waals surface area contributed by atoms with E-state index in [9.17, 15) is 9.18 Å². The normalized spacial score (nSPS) is 11.3. The van der Waals surface area contributed by atoms with E-state index in [1.54, 1.807) is 29.0 Å². The highest BCUT2D eigenvalue weighted by Crippen LogP contribution is 2.16. The Bertz CT molecular complexity index is 576. The van der Waals surface area contributed by atoms with Gasteiger partial charge in [0.15, 0.2) is 5.96 Å². The van der Waals surface area contributed by atoms with Gasteiger partial charge < -0.3 is 15.1 Å². The van der Waals surface area contributed by atoms with Crippen LogP contribution in [0.5, 0.6) is 0 Å². The lowest BCUT2D eigenvalue weighted by Crippen LogP contribution is -2.45. The molecule has 0 unspecified atom stereocenters. The summed E-state index contributed by atoms with van der Waals surface area (Å²) < 4.78 is 14.6. The average Bonchev–Trinajstić information content (AvgIpc) is 2.53. The van der Waals surface area contributed by atoms with Crippen LogP contribution in [0.1, 0.15) is 26.3 Å². The third-order valence-electron chi connectivity index (χ3n) is 3.60. The van der Waals surface area contributed by atoms with Crippen LogP contribution in [0.25, 0.3) is 0 Å². The molecule has 0 saturated heterocycles. The minimum absolute atomic E-state index is 0.0444. The Labute approximate surface area is 152 Å². The van der Waals surface area contributed by atoms with E-state index in [4.69, 9.17) is 0 Å². The minimum Gasteiger partial charge on any atom is -0.357 e. The molecule has 1 aromatic carbocycles. The van der Waals surface area contributed by atoms with Gasteiger partial charge in [-0.15, -0.1) is 0 Å². The highest BCUT2D eigenvalue weighted by Gasteiger charge is 2.15. The van der Waals surface area contributed by atoms with Crippen LogP contribution in [-0.4, -0.2) is 54.9 Å². The first kappa shape index (κ1) is 20.4. The largest absolute Gasteiger partial charge is 0.357 e. The van der Waals surface area contributed by atoms with E-state index in [0.717, 1.165) is 0 Å². The van der Waals surface area contributed by atoms with E-state index in [-0.39, 0.29) is 24.8 Å². The maximum absolute atomic E-state index is 13.9. The number of guanidine groups is 1. The molecule has 0 spiro atoms. The van der Waals surface area contributed by atoms with Gasteiger partial charge in [0.05, 0.1) is 13.1 Å². The fraction of sp³-hybridized carbons (Fsp3) is 0.529. The molecular weight excluding hydrogens is 375 g/mol. The molecular formula is C17H26BrFN4O. The Morgan fingerprint density at radius 3 is 2.50 bits per heavy atom. The van der Waals surface area contributed by atoms with Crippen molar-refractivity contribution in [2.45, 2.75) is 27.3 Å². The molecule has 0 atom stereocenters. The first-order valence-electron chi connectivity index (χ1n) is 8.14. The zero-order chi connectivity index (χ0) is 18.1. The average molecular weight is 401 g/mol. The van der Waals surface area contributed by atoms with Crippen molar-refractivity contribution in [3.63, 3.8) is 0 Å². The summed E-state index contributed by atoms with van der Waals surface area (Å²) >= 11 is 3.24. The van der Waals surface area contributed by atoms with Crippen molar-refractivity contribution in [3.8, 4) is 0 Å². The van der Waals surface area contributed by atoms with Gasteiger partial charge in [-0.3, -0.25) is 4.79 Å². The molecule has 0 radical (unpaired) electrons. The summed E-state index contributed by atoms with van der Waals surface area (Å²) in [5, 5.41) is 3.14. The monoisotopic (exact) mass is 400 g/mol. The topological polar surface area (TPSA) is 47.9 Å². The molecule has 134 valence electrons. The molecule has 0 bridgehead atoms. The maximum atomic E-state index is 13.9. The Morgan fingerprint density at radius 2 is 1.96 bits per heavy atom. The van der Waals surface area contributed by atoms with Crippen LogP contribution in [0.2, 0.25) is 0 Å². The van der Waals surface area contributed by atoms with Crippen LogP contribution in [0.3, 0.4) is 0 Å². The van der Waals surface area contributed by atoms with E-state index in [1.165, 1.54) is 6.07 Å². The fourth-order valence-electron chi connectivity index (χ4n) is 2.23. The lowest BCUT2D eigenvalue weighted by atomic mass is 10.2. The van der Waals surface area contributed by atoms with Gasteiger partial charge in [0, 0.05) is 36.7 Å². The summed E-state index contributed by atoms with van der Waals surface area (Å²) in [7, 11) is 1.81. The van der Waals surface area contributed by atoms with Gasteiger partial charge >= 0.3 is 0 Å². The fourth-order valence-corrected chi connectivity index (χ4v) is 2.57. The molecule has 0 heterocycles. The Morgan fingerprint density at radius 1 is 1.29 bits per heavy atom. The van der Waals surface area contributed by atoms with Crippen LogP contribution in [-0.2, 0) is 11.3 Å². The van der Waals surface area contributed by atoms with Gasteiger partial charge in [0.2, 0.25) is 5.91 Å². The second-order valence-electron chi connectivity index (χ2n) is 5.33.